The van der Waals surface area contributed by atoms with E-state index in [0.29, 0.717) is 6.61 Å². The van der Waals surface area contributed by atoms with E-state index in [1.807, 2.05) is 30.3 Å². The number of methoxy groups -OCH3 is 1. The van der Waals surface area contributed by atoms with Gasteiger partial charge in [-0.15, -0.1) is 0 Å². The third-order valence-corrected chi connectivity index (χ3v) is 3.61. The lowest BCUT2D eigenvalue weighted by Gasteiger charge is -2.23. The molecule has 0 bridgehead atoms. The van der Waals surface area contributed by atoms with Crippen LogP contribution >= 0.6 is 11.6 Å². The molecule has 0 heterocycles. The van der Waals surface area contributed by atoms with Crippen LogP contribution in [0.15, 0.2) is 54.6 Å². The number of hydrogen-bond acceptors (Lipinski definition) is 2. The van der Waals surface area contributed by atoms with E-state index in [4.69, 9.17) is 16.3 Å². The molecule has 2 rings (SSSR count). The molecule has 2 aromatic rings. The van der Waals surface area contributed by atoms with Crippen molar-refractivity contribution in [3.05, 3.63) is 70.7 Å². The molecular formula is C17H20ClNO. The van der Waals surface area contributed by atoms with Crippen LogP contribution in [0, 0.1) is 0 Å². The average molecular weight is 290 g/mol. The summed E-state index contributed by atoms with van der Waals surface area (Å²) in [6.45, 7) is 2.79. The Labute approximate surface area is 125 Å². The Morgan fingerprint density at radius 3 is 2.25 bits per heavy atom. The summed E-state index contributed by atoms with van der Waals surface area (Å²) in [5, 5.41) is 4.36. The van der Waals surface area contributed by atoms with Gasteiger partial charge in [0.15, 0.2) is 0 Å². The maximum absolute atomic E-state index is 5.93. The fourth-order valence-electron chi connectivity index (χ4n) is 2.24. The van der Waals surface area contributed by atoms with Crippen molar-refractivity contribution in [1.29, 1.82) is 0 Å². The van der Waals surface area contributed by atoms with Crippen LogP contribution in [0.1, 0.15) is 30.1 Å². The molecule has 20 heavy (non-hydrogen) atoms. The van der Waals surface area contributed by atoms with Crippen molar-refractivity contribution < 1.29 is 4.74 Å². The molecule has 0 aromatic heterocycles. The lowest BCUT2D eigenvalue weighted by molar-refractivity contribution is 0.162. The zero-order valence-corrected chi connectivity index (χ0v) is 12.6. The molecule has 1 N–H and O–H groups in total. The van der Waals surface area contributed by atoms with Crippen LogP contribution in [0.5, 0.6) is 0 Å². The molecular weight excluding hydrogens is 270 g/mol. The van der Waals surface area contributed by atoms with Crippen LogP contribution in [0.3, 0.4) is 0 Å². The second-order valence-electron chi connectivity index (χ2n) is 4.86. The Hall–Kier alpha value is -1.35. The summed E-state index contributed by atoms with van der Waals surface area (Å²) in [5.74, 6) is 0. The molecule has 0 aliphatic heterocycles. The van der Waals surface area contributed by atoms with Gasteiger partial charge in [-0.1, -0.05) is 54.1 Å². The van der Waals surface area contributed by atoms with Gasteiger partial charge in [0.25, 0.3) is 0 Å². The molecule has 0 saturated heterocycles. The SMILES string of the molecule is COCC(NC(C)c1ccc(Cl)cc1)c1ccccc1. The first-order chi connectivity index (χ1) is 9.70. The molecule has 3 heteroatoms. The van der Waals surface area contributed by atoms with Crippen molar-refractivity contribution in [1.82, 2.24) is 5.32 Å². The van der Waals surface area contributed by atoms with Gasteiger partial charge in [-0.25, -0.2) is 0 Å². The molecule has 2 atom stereocenters. The molecule has 2 unspecified atom stereocenters. The molecule has 0 radical (unpaired) electrons. The number of ether oxygens (including phenoxy) is 1. The Morgan fingerprint density at radius 2 is 1.65 bits per heavy atom. The number of benzene rings is 2. The highest BCUT2D eigenvalue weighted by Gasteiger charge is 2.15. The number of rotatable bonds is 6. The minimum Gasteiger partial charge on any atom is -0.383 e. The van der Waals surface area contributed by atoms with Crippen molar-refractivity contribution in [3.63, 3.8) is 0 Å². The largest absolute Gasteiger partial charge is 0.383 e. The Balaban J connectivity index is 2.10. The molecule has 2 aromatic carbocycles. The predicted molar refractivity (Wildman–Crippen MR) is 84.1 cm³/mol. The number of nitrogens with one attached hydrogen (secondary N) is 1. The van der Waals surface area contributed by atoms with Crippen LogP contribution in [0.25, 0.3) is 0 Å². The topological polar surface area (TPSA) is 21.3 Å². The highest BCUT2D eigenvalue weighted by molar-refractivity contribution is 6.30. The molecule has 2 nitrogen and oxygen atoms in total. The van der Waals surface area contributed by atoms with E-state index in [1.54, 1.807) is 7.11 Å². The van der Waals surface area contributed by atoms with E-state index in [9.17, 15) is 0 Å². The first-order valence-electron chi connectivity index (χ1n) is 6.76. The Kier molecular flexibility index (Phi) is 5.60. The zero-order chi connectivity index (χ0) is 14.4. The van der Waals surface area contributed by atoms with Gasteiger partial charge in [0.1, 0.15) is 0 Å². The first kappa shape index (κ1) is 15.0. The van der Waals surface area contributed by atoms with E-state index in [1.165, 1.54) is 11.1 Å². The van der Waals surface area contributed by atoms with Gasteiger partial charge < -0.3 is 10.1 Å². The maximum atomic E-state index is 5.93. The summed E-state index contributed by atoms with van der Waals surface area (Å²) < 4.78 is 5.33. The third kappa shape index (κ3) is 4.07. The minimum atomic E-state index is 0.173. The van der Waals surface area contributed by atoms with Crippen molar-refractivity contribution in [2.75, 3.05) is 13.7 Å². The van der Waals surface area contributed by atoms with E-state index in [0.717, 1.165) is 5.02 Å². The Bertz CT molecular complexity index is 512. The van der Waals surface area contributed by atoms with Crippen LogP contribution in [-0.4, -0.2) is 13.7 Å². The average Bonchev–Trinajstić information content (AvgIpc) is 2.48. The number of hydrogen-bond donors (Lipinski definition) is 1. The van der Waals surface area contributed by atoms with Crippen molar-refractivity contribution in [2.45, 2.75) is 19.0 Å². The van der Waals surface area contributed by atoms with Gasteiger partial charge in [-0.3, -0.25) is 0 Å². The monoisotopic (exact) mass is 289 g/mol. The molecule has 0 spiro atoms. The summed E-state index contributed by atoms with van der Waals surface area (Å²) in [6, 6.07) is 18.7. The van der Waals surface area contributed by atoms with Crippen LogP contribution < -0.4 is 5.32 Å². The lowest BCUT2D eigenvalue weighted by atomic mass is 10.0. The summed E-state index contributed by atoms with van der Waals surface area (Å²) in [4.78, 5) is 0. The smallest absolute Gasteiger partial charge is 0.0657 e. The summed E-state index contributed by atoms with van der Waals surface area (Å²) in [5.41, 5.74) is 2.45. The normalized spacial score (nSPS) is 13.9. The fraction of sp³-hybridized carbons (Fsp3) is 0.294. The van der Waals surface area contributed by atoms with Crippen LogP contribution in [0.2, 0.25) is 5.02 Å². The van der Waals surface area contributed by atoms with Gasteiger partial charge in [0.05, 0.1) is 12.6 Å². The van der Waals surface area contributed by atoms with Crippen molar-refractivity contribution in [2.24, 2.45) is 0 Å². The van der Waals surface area contributed by atoms with Gasteiger partial charge >= 0.3 is 0 Å². The van der Waals surface area contributed by atoms with Crippen LogP contribution in [0.4, 0.5) is 0 Å². The van der Waals surface area contributed by atoms with E-state index in [2.05, 4.69) is 36.5 Å². The van der Waals surface area contributed by atoms with E-state index in [-0.39, 0.29) is 12.1 Å². The molecule has 0 aliphatic carbocycles. The Morgan fingerprint density at radius 1 is 1.00 bits per heavy atom. The van der Waals surface area contributed by atoms with Crippen molar-refractivity contribution in [3.8, 4) is 0 Å². The molecule has 0 saturated carbocycles. The van der Waals surface area contributed by atoms with Crippen LogP contribution in [-0.2, 0) is 4.74 Å². The second kappa shape index (κ2) is 7.44. The predicted octanol–water partition coefficient (Wildman–Crippen LogP) is 4.38. The molecule has 0 fully saturated rings. The van der Waals surface area contributed by atoms with Gasteiger partial charge in [-0.2, -0.15) is 0 Å². The van der Waals surface area contributed by atoms with Gasteiger partial charge in [-0.05, 0) is 30.2 Å². The summed E-state index contributed by atoms with van der Waals surface area (Å²) >= 11 is 5.93. The summed E-state index contributed by atoms with van der Waals surface area (Å²) in [6.07, 6.45) is 0. The van der Waals surface area contributed by atoms with Gasteiger partial charge in [0.2, 0.25) is 0 Å². The highest BCUT2D eigenvalue weighted by Crippen LogP contribution is 2.21. The minimum absolute atomic E-state index is 0.173. The maximum Gasteiger partial charge on any atom is 0.0657 e. The van der Waals surface area contributed by atoms with E-state index >= 15 is 0 Å². The second-order valence-corrected chi connectivity index (χ2v) is 5.29. The molecule has 106 valence electrons. The molecule has 0 aliphatic rings. The standard InChI is InChI=1S/C17H20ClNO/c1-13(14-8-10-16(18)11-9-14)19-17(12-20-2)15-6-4-3-5-7-15/h3-11,13,17,19H,12H2,1-2H3. The highest BCUT2D eigenvalue weighted by atomic mass is 35.5. The summed E-state index contributed by atoms with van der Waals surface area (Å²) in [7, 11) is 1.73. The van der Waals surface area contributed by atoms with Crippen molar-refractivity contribution >= 4 is 11.6 Å². The van der Waals surface area contributed by atoms with Gasteiger partial charge in [0, 0.05) is 18.2 Å². The molecule has 0 amide bonds. The lowest BCUT2D eigenvalue weighted by Crippen LogP contribution is -2.28. The number of halogens is 1. The quantitative estimate of drug-likeness (QED) is 0.852. The first-order valence-corrected chi connectivity index (χ1v) is 7.14. The fourth-order valence-corrected chi connectivity index (χ4v) is 2.37. The van der Waals surface area contributed by atoms with E-state index < -0.39 is 0 Å². The third-order valence-electron chi connectivity index (χ3n) is 3.36. The zero-order valence-electron chi connectivity index (χ0n) is 11.8.